The van der Waals surface area contributed by atoms with Crippen LogP contribution in [0.3, 0.4) is 0 Å². The van der Waals surface area contributed by atoms with Gasteiger partial charge in [-0.15, -0.1) is 0 Å². The Morgan fingerprint density at radius 3 is 3.00 bits per heavy atom. The molecule has 1 saturated heterocycles. The highest BCUT2D eigenvalue weighted by molar-refractivity contribution is 5.69. The highest BCUT2D eigenvalue weighted by Gasteiger charge is 2.22. The maximum absolute atomic E-state index is 11.0. The van der Waals surface area contributed by atoms with E-state index in [2.05, 4.69) is 6.92 Å². The van der Waals surface area contributed by atoms with E-state index in [-0.39, 0.29) is 12.1 Å². The maximum atomic E-state index is 11.0. The van der Waals surface area contributed by atoms with Gasteiger partial charge in [-0.3, -0.25) is 0 Å². The summed E-state index contributed by atoms with van der Waals surface area (Å²) in [4.78, 5) is 12.6. The summed E-state index contributed by atoms with van der Waals surface area (Å²) in [5.74, 6) is 0. The highest BCUT2D eigenvalue weighted by atomic mass is 16.6. The number of hydrogen-bond donors (Lipinski definition) is 1. The van der Waals surface area contributed by atoms with Crippen molar-refractivity contribution in [1.29, 1.82) is 0 Å². The Morgan fingerprint density at radius 1 is 1.75 bits per heavy atom. The number of amides is 1. The second-order valence-corrected chi connectivity index (χ2v) is 3.11. The largest absolute Gasteiger partial charge is 0.448 e. The molecule has 0 saturated carbocycles. The van der Waals surface area contributed by atoms with Crippen molar-refractivity contribution in [1.82, 2.24) is 4.90 Å². The molecule has 4 nitrogen and oxygen atoms in total. The quantitative estimate of drug-likeness (QED) is 0.674. The fourth-order valence-corrected chi connectivity index (χ4v) is 1.34. The molecule has 1 heterocycles. The first kappa shape index (κ1) is 9.32. The Bertz CT molecular complexity index is 161. The molecule has 0 spiro atoms. The molecule has 0 aromatic heterocycles. The zero-order valence-electron chi connectivity index (χ0n) is 7.45. The molecule has 0 aliphatic carbocycles. The topological polar surface area (TPSA) is 55.6 Å². The second-order valence-electron chi connectivity index (χ2n) is 3.11. The van der Waals surface area contributed by atoms with Gasteiger partial charge in [0, 0.05) is 12.6 Å². The normalized spacial score (nSPS) is 19.5. The minimum absolute atomic E-state index is 0.0978. The number of carbonyl (C=O) groups is 1. The number of nitrogens with zero attached hydrogens (tertiary/aromatic N) is 1. The van der Waals surface area contributed by atoms with Crippen molar-refractivity contribution in [2.75, 3.05) is 19.7 Å². The van der Waals surface area contributed by atoms with Crippen LogP contribution >= 0.6 is 0 Å². The molecule has 0 aromatic carbocycles. The molecule has 4 heteroatoms. The van der Waals surface area contributed by atoms with Crippen molar-refractivity contribution >= 4 is 6.09 Å². The summed E-state index contributed by atoms with van der Waals surface area (Å²) in [5, 5.41) is 0. The average Bonchev–Trinajstić information content (AvgIpc) is 2.37. The van der Waals surface area contributed by atoms with Gasteiger partial charge in [-0.2, -0.15) is 0 Å². The molecule has 1 unspecified atom stereocenters. The molecule has 1 aliphatic rings. The molecule has 1 atom stereocenters. The number of cyclic esters (lactones) is 1. The smallest absolute Gasteiger partial charge is 0.409 e. The van der Waals surface area contributed by atoms with Gasteiger partial charge in [0.2, 0.25) is 0 Å². The van der Waals surface area contributed by atoms with Gasteiger partial charge in [-0.25, -0.2) is 4.79 Å². The van der Waals surface area contributed by atoms with Crippen molar-refractivity contribution in [2.24, 2.45) is 5.73 Å². The predicted molar refractivity (Wildman–Crippen MR) is 45.8 cm³/mol. The van der Waals surface area contributed by atoms with Crippen LogP contribution in [0.4, 0.5) is 4.79 Å². The van der Waals surface area contributed by atoms with Crippen LogP contribution in [-0.4, -0.2) is 36.7 Å². The van der Waals surface area contributed by atoms with Crippen LogP contribution < -0.4 is 5.73 Å². The van der Waals surface area contributed by atoms with Gasteiger partial charge < -0.3 is 15.4 Å². The number of rotatable bonds is 4. The fraction of sp³-hybridized carbons (Fsp3) is 0.875. The lowest BCUT2D eigenvalue weighted by Crippen LogP contribution is -2.37. The molecule has 12 heavy (non-hydrogen) atoms. The van der Waals surface area contributed by atoms with Crippen LogP contribution in [0.25, 0.3) is 0 Å². The van der Waals surface area contributed by atoms with Crippen molar-refractivity contribution in [3.05, 3.63) is 0 Å². The Labute approximate surface area is 72.7 Å². The Kier molecular flexibility index (Phi) is 3.34. The Morgan fingerprint density at radius 2 is 2.50 bits per heavy atom. The van der Waals surface area contributed by atoms with E-state index in [0.717, 1.165) is 12.8 Å². The van der Waals surface area contributed by atoms with E-state index in [1.807, 2.05) is 0 Å². The molecule has 70 valence electrons. The first-order chi connectivity index (χ1) is 5.74. The summed E-state index contributed by atoms with van der Waals surface area (Å²) >= 11 is 0. The minimum atomic E-state index is -0.221. The number of nitrogens with two attached hydrogens (primary N) is 1. The van der Waals surface area contributed by atoms with Gasteiger partial charge in [0.1, 0.15) is 6.61 Å². The van der Waals surface area contributed by atoms with Crippen molar-refractivity contribution in [2.45, 2.75) is 25.8 Å². The first-order valence-corrected chi connectivity index (χ1v) is 4.41. The standard InChI is InChI=1S/C8H16N2O2/c1-2-3-7(9)6-10-4-5-12-8(10)11/h7H,2-6,9H2,1H3. The molecule has 2 N–H and O–H groups in total. The average molecular weight is 172 g/mol. The molecule has 0 bridgehead atoms. The monoisotopic (exact) mass is 172 g/mol. The van der Waals surface area contributed by atoms with E-state index in [1.165, 1.54) is 0 Å². The lowest BCUT2D eigenvalue weighted by Gasteiger charge is -2.17. The third-order valence-corrected chi connectivity index (χ3v) is 1.96. The molecular formula is C8H16N2O2. The number of ether oxygens (including phenoxy) is 1. The summed E-state index contributed by atoms with van der Waals surface area (Å²) < 4.78 is 4.78. The summed E-state index contributed by atoms with van der Waals surface area (Å²) in [6.07, 6.45) is 1.80. The summed E-state index contributed by atoms with van der Waals surface area (Å²) in [5.41, 5.74) is 5.78. The van der Waals surface area contributed by atoms with Crippen LogP contribution in [-0.2, 0) is 4.74 Å². The Hall–Kier alpha value is -0.770. The zero-order valence-corrected chi connectivity index (χ0v) is 7.45. The van der Waals surface area contributed by atoms with Gasteiger partial charge >= 0.3 is 6.09 Å². The van der Waals surface area contributed by atoms with Gasteiger partial charge in [-0.05, 0) is 6.42 Å². The highest BCUT2D eigenvalue weighted by Crippen LogP contribution is 2.05. The van der Waals surface area contributed by atoms with Crippen LogP contribution in [0.15, 0.2) is 0 Å². The number of carbonyl (C=O) groups excluding carboxylic acids is 1. The van der Waals surface area contributed by atoms with Gasteiger partial charge in [-0.1, -0.05) is 13.3 Å². The van der Waals surface area contributed by atoms with E-state index >= 15 is 0 Å². The van der Waals surface area contributed by atoms with Gasteiger partial charge in [0.05, 0.1) is 6.54 Å². The van der Waals surface area contributed by atoms with E-state index < -0.39 is 0 Å². The first-order valence-electron chi connectivity index (χ1n) is 4.41. The van der Waals surface area contributed by atoms with E-state index in [0.29, 0.717) is 19.7 Å². The molecule has 1 aliphatic heterocycles. The van der Waals surface area contributed by atoms with Crippen molar-refractivity contribution < 1.29 is 9.53 Å². The zero-order chi connectivity index (χ0) is 8.97. The van der Waals surface area contributed by atoms with E-state index in [9.17, 15) is 4.79 Å². The van der Waals surface area contributed by atoms with Gasteiger partial charge in [0.15, 0.2) is 0 Å². The third-order valence-electron chi connectivity index (χ3n) is 1.96. The summed E-state index contributed by atoms with van der Waals surface area (Å²) in [6.45, 7) is 3.92. The number of hydrogen-bond acceptors (Lipinski definition) is 3. The summed E-state index contributed by atoms with van der Waals surface area (Å²) in [6, 6.07) is 0.0978. The minimum Gasteiger partial charge on any atom is -0.448 e. The predicted octanol–water partition coefficient (Wildman–Crippen LogP) is 0.566. The molecule has 1 amide bonds. The summed E-state index contributed by atoms with van der Waals surface area (Å²) in [7, 11) is 0. The lowest BCUT2D eigenvalue weighted by atomic mass is 10.2. The SMILES string of the molecule is CCCC(N)CN1CCOC1=O. The van der Waals surface area contributed by atoms with E-state index in [4.69, 9.17) is 10.5 Å². The molecular weight excluding hydrogens is 156 g/mol. The second kappa shape index (κ2) is 4.30. The van der Waals surface area contributed by atoms with Crippen LogP contribution in [0.5, 0.6) is 0 Å². The van der Waals surface area contributed by atoms with Crippen LogP contribution in [0.1, 0.15) is 19.8 Å². The van der Waals surface area contributed by atoms with E-state index in [1.54, 1.807) is 4.90 Å². The Balaban J connectivity index is 2.25. The molecule has 0 radical (unpaired) electrons. The maximum Gasteiger partial charge on any atom is 0.409 e. The van der Waals surface area contributed by atoms with Crippen molar-refractivity contribution in [3.63, 3.8) is 0 Å². The van der Waals surface area contributed by atoms with Crippen molar-refractivity contribution in [3.8, 4) is 0 Å². The third kappa shape index (κ3) is 2.37. The lowest BCUT2D eigenvalue weighted by molar-refractivity contribution is 0.156. The molecule has 0 aromatic rings. The van der Waals surface area contributed by atoms with Crippen LogP contribution in [0.2, 0.25) is 0 Å². The fourth-order valence-electron chi connectivity index (χ4n) is 1.34. The molecule has 1 fully saturated rings. The van der Waals surface area contributed by atoms with Crippen LogP contribution in [0, 0.1) is 0 Å². The molecule has 1 rings (SSSR count). The van der Waals surface area contributed by atoms with Gasteiger partial charge in [0.25, 0.3) is 0 Å².